The van der Waals surface area contributed by atoms with E-state index in [1.54, 1.807) is 7.05 Å². The Labute approximate surface area is 96.6 Å². The van der Waals surface area contributed by atoms with Crippen molar-refractivity contribution in [3.63, 3.8) is 0 Å². The second kappa shape index (κ2) is 3.84. The number of hydrogen-bond donors (Lipinski definition) is 0. The number of carbonyl (C=O) groups is 1. The van der Waals surface area contributed by atoms with Crippen molar-refractivity contribution in [3.05, 3.63) is 35.0 Å². The molecule has 5 heteroatoms. The number of ether oxygens (including phenoxy) is 1. The van der Waals surface area contributed by atoms with E-state index in [1.807, 2.05) is 0 Å². The summed E-state index contributed by atoms with van der Waals surface area (Å²) < 4.78 is 33.1. The summed E-state index contributed by atoms with van der Waals surface area (Å²) in [6.45, 7) is 1.47. The van der Waals surface area contributed by atoms with E-state index in [2.05, 4.69) is 4.74 Å². The fourth-order valence-electron chi connectivity index (χ4n) is 1.83. The van der Waals surface area contributed by atoms with E-state index in [9.17, 15) is 13.6 Å². The topological polar surface area (TPSA) is 31.2 Å². The summed E-state index contributed by atoms with van der Waals surface area (Å²) in [7, 11) is 2.84. The Morgan fingerprint density at radius 1 is 1.29 bits per heavy atom. The first kappa shape index (κ1) is 11.6. The van der Waals surface area contributed by atoms with Gasteiger partial charge in [-0.1, -0.05) is 0 Å². The van der Waals surface area contributed by atoms with Crippen LogP contribution in [-0.2, 0) is 11.8 Å². The van der Waals surface area contributed by atoms with Crippen molar-refractivity contribution in [2.45, 2.75) is 6.92 Å². The molecular weight excluding hydrogens is 228 g/mol. The molecule has 1 aromatic carbocycles. The lowest BCUT2D eigenvalue weighted by molar-refractivity contribution is 0.0590. The predicted octanol–water partition coefficient (Wildman–Crippen LogP) is 2.55. The molecule has 0 atom stereocenters. The minimum Gasteiger partial charge on any atom is -0.464 e. The van der Waals surface area contributed by atoms with Gasteiger partial charge in [0.2, 0.25) is 0 Å². The van der Waals surface area contributed by atoms with Crippen molar-refractivity contribution in [1.82, 2.24) is 4.57 Å². The summed E-state index contributed by atoms with van der Waals surface area (Å²) in [5.41, 5.74) is 0.848. The summed E-state index contributed by atoms with van der Waals surface area (Å²) in [6.07, 6.45) is 0. The number of benzene rings is 1. The molecule has 0 saturated carbocycles. The number of fused-ring (bicyclic) bond motifs is 1. The molecule has 0 aliphatic carbocycles. The number of esters is 1. The molecule has 3 nitrogen and oxygen atoms in total. The molecule has 0 amide bonds. The number of rotatable bonds is 1. The van der Waals surface area contributed by atoms with Crippen LogP contribution in [0.3, 0.4) is 0 Å². The number of methoxy groups -OCH3 is 1. The van der Waals surface area contributed by atoms with Crippen LogP contribution in [0.4, 0.5) is 8.78 Å². The number of carbonyl (C=O) groups excluding carboxylic acids is 1. The number of hydrogen-bond acceptors (Lipinski definition) is 2. The lowest BCUT2D eigenvalue weighted by atomic mass is 10.1. The number of nitrogens with zero attached hydrogens (tertiary/aromatic N) is 1. The number of aromatic nitrogens is 1. The van der Waals surface area contributed by atoms with Gasteiger partial charge in [-0.2, -0.15) is 0 Å². The zero-order chi connectivity index (χ0) is 12.7. The van der Waals surface area contributed by atoms with Crippen LogP contribution in [0.5, 0.6) is 0 Å². The molecular formula is C12H11F2NO2. The third kappa shape index (κ3) is 1.58. The van der Waals surface area contributed by atoms with Gasteiger partial charge in [-0.25, -0.2) is 13.6 Å². The van der Waals surface area contributed by atoms with E-state index in [4.69, 9.17) is 0 Å². The summed E-state index contributed by atoms with van der Waals surface area (Å²) in [4.78, 5) is 11.4. The maximum absolute atomic E-state index is 13.7. The maximum atomic E-state index is 13.7. The van der Waals surface area contributed by atoms with E-state index < -0.39 is 17.6 Å². The number of halogens is 2. The third-order valence-electron chi connectivity index (χ3n) is 2.80. The van der Waals surface area contributed by atoms with Gasteiger partial charge in [0.1, 0.15) is 5.69 Å². The van der Waals surface area contributed by atoms with E-state index in [1.165, 1.54) is 30.7 Å². The Kier molecular flexibility index (Phi) is 2.61. The Morgan fingerprint density at radius 3 is 2.53 bits per heavy atom. The largest absolute Gasteiger partial charge is 0.464 e. The Hall–Kier alpha value is -1.91. The second-order valence-corrected chi connectivity index (χ2v) is 3.83. The van der Waals surface area contributed by atoms with Crippen LogP contribution in [0.15, 0.2) is 12.1 Å². The van der Waals surface area contributed by atoms with E-state index in [0.717, 1.165) is 0 Å². The van der Waals surface area contributed by atoms with Crippen LogP contribution in [0.1, 0.15) is 16.1 Å². The van der Waals surface area contributed by atoms with Gasteiger partial charge in [-0.05, 0) is 24.6 Å². The number of aryl methyl sites for hydroxylation is 2. The zero-order valence-corrected chi connectivity index (χ0v) is 9.67. The summed E-state index contributed by atoms with van der Waals surface area (Å²) in [6, 6.07) is 2.79. The van der Waals surface area contributed by atoms with Crippen molar-refractivity contribution >= 4 is 16.9 Å². The van der Waals surface area contributed by atoms with Crippen molar-refractivity contribution in [2.75, 3.05) is 7.11 Å². The van der Waals surface area contributed by atoms with Crippen LogP contribution in [0, 0.1) is 18.6 Å². The maximum Gasteiger partial charge on any atom is 0.354 e. The zero-order valence-electron chi connectivity index (χ0n) is 9.67. The van der Waals surface area contributed by atoms with Crippen molar-refractivity contribution < 1.29 is 18.3 Å². The fraction of sp³-hybridized carbons (Fsp3) is 0.250. The van der Waals surface area contributed by atoms with Gasteiger partial charge in [-0.15, -0.1) is 0 Å². The molecule has 1 heterocycles. The summed E-state index contributed by atoms with van der Waals surface area (Å²) >= 11 is 0. The Bertz CT molecular complexity index is 617. The van der Waals surface area contributed by atoms with E-state index in [0.29, 0.717) is 5.52 Å². The van der Waals surface area contributed by atoms with Crippen LogP contribution in [-0.4, -0.2) is 17.6 Å². The molecule has 0 spiro atoms. The monoisotopic (exact) mass is 239 g/mol. The average molecular weight is 239 g/mol. The fourth-order valence-corrected chi connectivity index (χ4v) is 1.83. The molecule has 2 rings (SSSR count). The van der Waals surface area contributed by atoms with Gasteiger partial charge < -0.3 is 9.30 Å². The molecule has 17 heavy (non-hydrogen) atoms. The molecule has 0 N–H and O–H groups in total. The molecule has 0 aliphatic heterocycles. The molecule has 0 unspecified atom stereocenters. The SMILES string of the molecule is COC(=O)c1cc2c(F)c(F)c(C)cc2n1C. The first-order valence-corrected chi connectivity index (χ1v) is 4.99. The Balaban J connectivity index is 2.83. The molecule has 0 fully saturated rings. The standard InChI is InChI=1S/C12H11F2NO2/c1-6-4-8-7(11(14)10(6)13)5-9(15(8)2)12(16)17-3/h4-5H,1-3H3. The van der Waals surface area contributed by atoms with Crippen LogP contribution >= 0.6 is 0 Å². The highest BCUT2D eigenvalue weighted by Crippen LogP contribution is 2.26. The quantitative estimate of drug-likeness (QED) is 0.716. The van der Waals surface area contributed by atoms with Gasteiger partial charge in [0.05, 0.1) is 12.6 Å². The molecule has 2 aromatic rings. The predicted molar refractivity (Wildman–Crippen MR) is 58.9 cm³/mol. The highest BCUT2D eigenvalue weighted by Gasteiger charge is 2.19. The minimum atomic E-state index is -0.939. The van der Waals surface area contributed by atoms with Crippen molar-refractivity contribution in [3.8, 4) is 0 Å². The Morgan fingerprint density at radius 2 is 1.94 bits per heavy atom. The molecule has 0 radical (unpaired) electrons. The lowest BCUT2D eigenvalue weighted by Crippen LogP contribution is -2.07. The molecule has 0 aliphatic rings. The van der Waals surface area contributed by atoms with E-state index in [-0.39, 0.29) is 16.6 Å². The van der Waals surface area contributed by atoms with Crippen LogP contribution in [0.2, 0.25) is 0 Å². The molecule has 90 valence electrons. The molecule has 0 saturated heterocycles. The van der Waals surface area contributed by atoms with Gasteiger partial charge in [0.25, 0.3) is 0 Å². The third-order valence-corrected chi connectivity index (χ3v) is 2.80. The van der Waals surface area contributed by atoms with Gasteiger partial charge in [0.15, 0.2) is 11.6 Å². The van der Waals surface area contributed by atoms with Crippen molar-refractivity contribution in [2.24, 2.45) is 7.05 Å². The van der Waals surface area contributed by atoms with Gasteiger partial charge in [-0.3, -0.25) is 0 Å². The molecule has 0 bridgehead atoms. The van der Waals surface area contributed by atoms with Crippen LogP contribution in [0.25, 0.3) is 10.9 Å². The average Bonchev–Trinajstić information content (AvgIpc) is 2.64. The lowest BCUT2D eigenvalue weighted by Gasteiger charge is -2.03. The normalized spacial score (nSPS) is 10.9. The first-order chi connectivity index (χ1) is 7.97. The van der Waals surface area contributed by atoms with Crippen LogP contribution < -0.4 is 0 Å². The van der Waals surface area contributed by atoms with Crippen molar-refractivity contribution in [1.29, 1.82) is 0 Å². The minimum absolute atomic E-state index is 0.0796. The first-order valence-electron chi connectivity index (χ1n) is 4.99. The highest BCUT2D eigenvalue weighted by molar-refractivity contribution is 5.96. The highest BCUT2D eigenvalue weighted by atomic mass is 19.2. The second-order valence-electron chi connectivity index (χ2n) is 3.83. The smallest absolute Gasteiger partial charge is 0.354 e. The summed E-state index contributed by atoms with van der Waals surface area (Å²) in [5.74, 6) is -2.41. The summed E-state index contributed by atoms with van der Waals surface area (Å²) in [5, 5.41) is 0.0796. The van der Waals surface area contributed by atoms with E-state index >= 15 is 0 Å². The van der Waals surface area contributed by atoms with Gasteiger partial charge in [0, 0.05) is 12.4 Å². The molecule has 1 aromatic heterocycles. The van der Waals surface area contributed by atoms with Gasteiger partial charge >= 0.3 is 5.97 Å².